The topological polar surface area (TPSA) is 91.0 Å². The monoisotopic (exact) mass is 180 g/mol. The van der Waals surface area contributed by atoms with E-state index in [9.17, 15) is 0 Å². The second-order valence-corrected chi connectivity index (χ2v) is 2.52. The second-order valence-electron chi connectivity index (χ2n) is 2.52. The molecule has 68 valence electrons. The molecule has 0 saturated heterocycles. The van der Waals surface area contributed by atoms with Crippen LogP contribution in [0.3, 0.4) is 0 Å². The summed E-state index contributed by atoms with van der Waals surface area (Å²) in [6, 6.07) is 0. The van der Waals surface area contributed by atoms with E-state index in [2.05, 4.69) is 15.3 Å². The van der Waals surface area contributed by atoms with Gasteiger partial charge < -0.3 is 14.8 Å². The van der Waals surface area contributed by atoms with Gasteiger partial charge >= 0.3 is 0 Å². The van der Waals surface area contributed by atoms with Crippen molar-refractivity contribution < 1.29 is 9.05 Å². The van der Waals surface area contributed by atoms with E-state index in [0.717, 1.165) is 0 Å². The molecule has 0 fully saturated rings. The first-order valence-electron chi connectivity index (χ1n) is 3.75. The number of hydrogen-bond acceptors (Lipinski definition) is 6. The molecule has 0 aromatic carbocycles. The van der Waals surface area contributed by atoms with Gasteiger partial charge in [-0.05, 0) is 6.92 Å². The molecule has 13 heavy (non-hydrogen) atoms. The Labute approximate surface area is 73.7 Å². The summed E-state index contributed by atoms with van der Waals surface area (Å²) in [5, 5.41) is 7.25. The van der Waals surface area contributed by atoms with E-state index >= 15 is 0 Å². The molecule has 6 nitrogen and oxygen atoms in total. The second kappa shape index (κ2) is 2.98. The Morgan fingerprint density at radius 1 is 1.46 bits per heavy atom. The first-order chi connectivity index (χ1) is 6.31. The highest BCUT2D eigenvalue weighted by molar-refractivity contribution is 5.53. The highest BCUT2D eigenvalue weighted by Gasteiger charge is 2.13. The Morgan fingerprint density at radius 2 is 2.31 bits per heavy atom. The molecule has 0 radical (unpaired) electrons. The normalized spacial score (nSPS) is 10.6. The highest BCUT2D eigenvalue weighted by Crippen LogP contribution is 2.20. The molecule has 2 aromatic rings. The molecular formula is C7H8N4O2. The first-order valence-corrected chi connectivity index (χ1v) is 3.75. The van der Waals surface area contributed by atoms with Crippen LogP contribution in [0.2, 0.25) is 0 Å². The van der Waals surface area contributed by atoms with Gasteiger partial charge in [0.05, 0.1) is 12.7 Å². The van der Waals surface area contributed by atoms with Gasteiger partial charge in [0.15, 0.2) is 5.82 Å². The standard InChI is InChI=1S/C7H8N4O2/c1-4-5(3-9-12-4)7-10-6(2-8)11-13-7/h3H,2,8H2,1H3. The maximum Gasteiger partial charge on any atom is 0.263 e. The predicted molar refractivity (Wildman–Crippen MR) is 42.4 cm³/mol. The summed E-state index contributed by atoms with van der Waals surface area (Å²) in [7, 11) is 0. The van der Waals surface area contributed by atoms with Crippen molar-refractivity contribution in [3.8, 4) is 11.5 Å². The van der Waals surface area contributed by atoms with E-state index in [-0.39, 0.29) is 6.54 Å². The summed E-state index contributed by atoms with van der Waals surface area (Å²) < 4.78 is 9.79. The Bertz CT molecular complexity index is 406. The van der Waals surface area contributed by atoms with Gasteiger partial charge in [-0.1, -0.05) is 10.3 Å². The zero-order chi connectivity index (χ0) is 9.26. The minimum atomic E-state index is 0.258. The van der Waals surface area contributed by atoms with Crippen LogP contribution < -0.4 is 5.73 Å². The maximum atomic E-state index is 5.33. The number of rotatable bonds is 2. The fourth-order valence-corrected chi connectivity index (χ4v) is 0.950. The van der Waals surface area contributed by atoms with Crippen molar-refractivity contribution in [3.63, 3.8) is 0 Å². The van der Waals surface area contributed by atoms with Crippen LogP contribution in [0.25, 0.3) is 11.5 Å². The number of nitrogens with zero attached hydrogens (tertiary/aromatic N) is 3. The molecule has 2 rings (SSSR count). The lowest BCUT2D eigenvalue weighted by Gasteiger charge is -1.85. The molecule has 0 spiro atoms. The van der Waals surface area contributed by atoms with Gasteiger partial charge in [0, 0.05) is 0 Å². The van der Waals surface area contributed by atoms with Gasteiger partial charge in [0.1, 0.15) is 11.3 Å². The summed E-state index contributed by atoms with van der Waals surface area (Å²) in [4.78, 5) is 4.03. The predicted octanol–water partition coefficient (Wildman–Crippen LogP) is 0.492. The van der Waals surface area contributed by atoms with E-state index in [1.807, 2.05) is 0 Å². The molecule has 2 aromatic heterocycles. The number of aromatic nitrogens is 3. The van der Waals surface area contributed by atoms with Gasteiger partial charge in [-0.15, -0.1) is 0 Å². The average molecular weight is 180 g/mol. The van der Waals surface area contributed by atoms with Crippen LogP contribution in [0.5, 0.6) is 0 Å². The van der Waals surface area contributed by atoms with Crippen molar-refractivity contribution in [1.82, 2.24) is 15.3 Å². The van der Waals surface area contributed by atoms with Crippen LogP contribution in [-0.2, 0) is 6.54 Å². The van der Waals surface area contributed by atoms with Crippen LogP contribution in [0.1, 0.15) is 11.6 Å². The Balaban J connectivity index is 2.41. The smallest absolute Gasteiger partial charge is 0.263 e. The van der Waals surface area contributed by atoms with Crippen LogP contribution in [0, 0.1) is 6.92 Å². The largest absolute Gasteiger partial charge is 0.361 e. The summed E-state index contributed by atoms with van der Waals surface area (Å²) >= 11 is 0. The summed E-state index contributed by atoms with van der Waals surface area (Å²) in [5.41, 5.74) is 6.03. The fourth-order valence-electron chi connectivity index (χ4n) is 0.950. The molecule has 2 N–H and O–H groups in total. The first kappa shape index (κ1) is 7.93. The Morgan fingerprint density at radius 3 is 2.85 bits per heavy atom. The van der Waals surface area contributed by atoms with Crippen LogP contribution >= 0.6 is 0 Å². The summed E-state index contributed by atoms with van der Waals surface area (Å²) in [6.45, 7) is 2.03. The van der Waals surface area contributed by atoms with E-state index in [1.165, 1.54) is 6.20 Å². The molecule has 6 heteroatoms. The zero-order valence-electron chi connectivity index (χ0n) is 7.02. The van der Waals surface area contributed by atoms with Crippen LogP contribution in [0.15, 0.2) is 15.2 Å². The van der Waals surface area contributed by atoms with Crippen molar-refractivity contribution >= 4 is 0 Å². The lowest BCUT2D eigenvalue weighted by molar-refractivity contribution is 0.395. The van der Waals surface area contributed by atoms with Gasteiger partial charge in [0.25, 0.3) is 5.89 Å². The molecular weight excluding hydrogens is 172 g/mol. The molecule has 0 saturated carbocycles. The number of hydrogen-bond donors (Lipinski definition) is 1. The lowest BCUT2D eigenvalue weighted by Crippen LogP contribution is -1.97. The Hall–Kier alpha value is -1.69. The van der Waals surface area contributed by atoms with E-state index < -0.39 is 0 Å². The number of nitrogens with two attached hydrogens (primary N) is 1. The summed E-state index contributed by atoms with van der Waals surface area (Å²) in [5.74, 6) is 1.50. The Kier molecular flexibility index (Phi) is 1.82. The number of aryl methyl sites for hydroxylation is 1. The quantitative estimate of drug-likeness (QED) is 0.723. The third kappa shape index (κ3) is 1.31. The maximum absolute atomic E-state index is 5.33. The molecule has 0 aliphatic carbocycles. The minimum Gasteiger partial charge on any atom is -0.361 e. The molecule has 0 bridgehead atoms. The van der Waals surface area contributed by atoms with Crippen molar-refractivity contribution in [2.24, 2.45) is 5.73 Å². The third-order valence-electron chi connectivity index (χ3n) is 1.63. The van der Waals surface area contributed by atoms with Gasteiger partial charge in [-0.25, -0.2) is 0 Å². The minimum absolute atomic E-state index is 0.258. The van der Waals surface area contributed by atoms with Gasteiger partial charge in [-0.3, -0.25) is 0 Å². The summed E-state index contributed by atoms with van der Waals surface area (Å²) in [6.07, 6.45) is 1.53. The molecule has 0 unspecified atom stereocenters. The van der Waals surface area contributed by atoms with Crippen molar-refractivity contribution in [1.29, 1.82) is 0 Å². The van der Waals surface area contributed by atoms with Crippen LogP contribution in [0.4, 0.5) is 0 Å². The molecule has 2 heterocycles. The molecule has 0 aliphatic rings. The average Bonchev–Trinajstić information content (AvgIpc) is 2.71. The van der Waals surface area contributed by atoms with E-state index in [0.29, 0.717) is 23.0 Å². The zero-order valence-corrected chi connectivity index (χ0v) is 7.02. The third-order valence-corrected chi connectivity index (χ3v) is 1.63. The van der Waals surface area contributed by atoms with E-state index in [1.54, 1.807) is 6.92 Å². The highest BCUT2D eigenvalue weighted by atomic mass is 16.5. The van der Waals surface area contributed by atoms with Crippen LogP contribution in [-0.4, -0.2) is 15.3 Å². The fraction of sp³-hybridized carbons (Fsp3) is 0.286. The molecule has 0 atom stereocenters. The van der Waals surface area contributed by atoms with Gasteiger partial charge in [-0.2, -0.15) is 4.98 Å². The molecule has 0 amide bonds. The van der Waals surface area contributed by atoms with Crippen molar-refractivity contribution in [3.05, 3.63) is 17.8 Å². The SMILES string of the molecule is Cc1oncc1-c1nc(CN)no1. The molecule has 0 aliphatic heterocycles. The van der Waals surface area contributed by atoms with Crippen molar-refractivity contribution in [2.75, 3.05) is 0 Å². The van der Waals surface area contributed by atoms with E-state index in [4.69, 9.17) is 14.8 Å². The lowest BCUT2D eigenvalue weighted by atomic mass is 10.3. The van der Waals surface area contributed by atoms with Gasteiger partial charge in [0.2, 0.25) is 0 Å². The van der Waals surface area contributed by atoms with Crippen molar-refractivity contribution in [2.45, 2.75) is 13.5 Å².